The Morgan fingerprint density at radius 2 is 2.00 bits per heavy atom. The van der Waals surface area contributed by atoms with Crippen molar-refractivity contribution in [2.75, 3.05) is 25.6 Å². The molecule has 0 fully saturated rings. The second-order valence-corrected chi connectivity index (χ2v) is 8.48. The van der Waals surface area contributed by atoms with Gasteiger partial charge in [-0.1, -0.05) is 6.07 Å². The number of hydrazone groups is 1. The highest BCUT2D eigenvalue weighted by Crippen LogP contribution is 2.29. The molecule has 5 N–H and O–H groups in total. The molecule has 37 heavy (non-hydrogen) atoms. The van der Waals surface area contributed by atoms with E-state index in [4.69, 9.17) is 16.4 Å². The number of halogens is 3. The molecule has 1 aliphatic rings. The van der Waals surface area contributed by atoms with Crippen LogP contribution in [-0.2, 0) is 17.7 Å². The van der Waals surface area contributed by atoms with E-state index in [2.05, 4.69) is 20.1 Å². The highest BCUT2D eigenvalue weighted by atomic mass is 19.4. The summed E-state index contributed by atoms with van der Waals surface area (Å²) in [5, 5.41) is 7.72. The number of nitrogens with zero attached hydrogens (tertiary/aromatic N) is 4. The first-order valence-electron chi connectivity index (χ1n) is 11.2. The van der Waals surface area contributed by atoms with Gasteiger partial charge in [-0.2, -0.15) is 18.3 Å². The molecular formula is C23H28F3N7O4. The predicted molar refractivity (Wildman–Crippen MR) is 129 cm³/mol. The Kier molecular flexibility index (Phi) is 8.42. The van der Waals surface area contributed by atoms with Crippen molar-refractivity contribution >= 4 is 23.7 Å². The second-order valence-electron chi connectivity index (χ2n) is 8.48. The number of hydrogen-bond acceptors (Lipinski definition) is 8. The van der Waals surface area contributed by atoms with Crippen molar-refractivity contribution in [3.63, 3.8) is 0 Å². The van der Waals surface area contributed by atoms with Gasteiger partial charge < -0.3 is 25.5 Å². The standard InChI is InChI=1S/C23H28F3N7O4/c1-13(2)33(28)20(31-27)17-5-4-6-19(29-17)30-21(34)16-9-15-11-32(22(35)37-12-23(24,25)26)8-7-14(15)10-18(16)36-3/h4-6,9-10,13H,7-8,11-12,27-28H2,1-3H3,(H,29,30,34)/b31-20-. The topological polar surface area (TPSA) is 148 Å². The summed E-state index contributed by atoms with van der Waals surface area (Å²) in [4.78, 5) is 30.8. The lowest BCUT2D eigenvalue weighted by atomic mass is 9.96. The van der Waals surface area contributed by atoms with Crippen molar-refractivity contribution < 1.29 is 32.2 Å². The van der Waals surface area contributed by atoms with Gasteiger partial charge in [-0.15, -0.1) is 0 Å². The van der Waals surface area contributed by atoms with Crippen molar-refractivity contribution in [3.8, 4) is 5.75 Å². The molecule has 2 heterocycles. The largest absolute Gasteiger partial charge is 0.496 e. The molecule has 0 radical (unpaired) electrons. The van der Waals surface area contributed by atoms with Gasteiger partial charge in [0.2, 0.25) is 0 Å². The number of rotatable bonds is 6. The third kappa shape index (κ3) is 6.78. The summed E-state index contributed by atoms with van der Waals surface area (Å²) in [7, 11) is 1.41. The summed E-state index contributed by atoms with van der Waals surface area (Å²) in [5.74, 6) is 11.6. The number of methoxy groups -OCH3 is 1. The summed E-state index contributed by atoms with van der Waals surface area (Å²) in [5.41, 5.74) is 1.86. The van der Waals surface area contributed by atoms with Gasteiger partial charge in [-0.05, 0) is 55.7 Å². The molecule has 0 saturated carbocycles. The zero-order chi connectivity index (χ0) is 27.3. The molecule has 2 amide bonds. The Hall–Kier alpha value is -4.07. The van der Waals surface area contributed by atoms with Crippen molar-refractivity contribution in [3.05, 3.63) is 52.7 Å². The lowest BCUT2D eigenvalue weighted by Gasteiger charge is -2.29. The molecule has 0 bridgehead atoms. The van der Waals surface area contributed by atoms with Gasteiger partial charge in [0.25, 0.3) is 5.91 Å². The number of nitrogens with one attached hydrogen (secondary N) is 1. The zero-order valence-corrected chi connectivity index (χ0v) is 20.5. The van der Waals surface area contributed by atoms with E-state index in [1.807, 2.05) is 13.8 Å². The summed E-state index contributed by atoms with van der Waals surface area (Å²) in [6.45, 7) is 2.15. The average Bonchev–Trinajstić information content (AvgIpc) is 2.86. The third-order valence-electron chi connectivity index (χ3n) is 5.54. The first-order valence-corrected chi connectivity index (χ1v) is 11.2. The normalized spacial score (nSPS) is 13.7. The fraction of sp³-hybridized carbons (Fsp3) is 0.391. The van der Waals surface area contributed by atoms with Gasteiger partial charge in [-0.3, -0.25) is 9.80 Å². The lowest BCUT2D eigenvalue weighted by molar-refractivity contribution is -0.162. The maximum absolute atomic E-state index is 13.1. The monoisotopic (exact) mass is 523 g/mol. The van der Waals surface area contributed by atoms with Gasteiger partial charge >= 0.3 is 12.3 Å². The van der Waals surface area contributed by atoms with E-state index in [-0.39, 0.29) is 42.1 Å². The highest BCUT2D eigenvalue weighted by molar-refractivity contribution is 6.06. The van der Waals surface area contributed by atoms with E-state index in [0.717, 1.165) is 10.5 Å². The quantitative estimate of drug-likeness (QED) is 0.227. The number of hydrazine groups is 1. The number of hydrogen-bond donors (Lipinski definition) is 3. The molecule has 14 heteroatoms. The fourth-order valence-electron chi connectivity index (χ4n) is 3.65. The molecule has 0 unspecified atom stereocenters. The molecule has 0 spiro atoms. The maximum atomic E-state index is 13.1. The number of alkyl halides is 3. The van der Waals surface area contributed by atoms with Crippen molar-refractivity contribution in [1.29, 1.82) is 0 Å². The Labute approximate surface area is 211 Å². The molecule has 0 atom stereocenters. The van der Waals surface area contributed by atoms with Crippen molar-refractivity contribution in [1.82, 2.24) is 14.9 Å². The summed E-state index contributed by atoms with van der Waals surface area (Å²) < 4.78 is 47.0. The smallest absolute Gasteiger partial charge is 0.422 e. The van der Waals surface area contributed by atoms with Crippen LogP contribution in [0.2, 0.25) is 0 Å². The van der Waals surface area contributed by atoms with Crippen LogP contribution in [0, 0.1) is 0 Å². The number of carbonyl (C=O) groups excluding carboxylic acids is 2. The molecule has 1 aliphatic heterocycles. The molecule has 3 rings (SSSR count). The van der Waals surface area contributed by atoms with Crippen LogP contribution in [0.25, 0.3) is 0 Å². The van der Waals surface area contributed by atoms with E-state index in [9.17, 15) is 22.8 Å². The molecule has 0 saturated heterocycles. The highest BCUT2D eigenvalue weighted by Gasteiger charge is 2.32. The Balaban J connectivity index is 1.81. The maximum Gasteiger partial charge on any atom is 0.422 e. The van der Waals surface area contributed by atoms with Crippen molar-refractivity contribution in [2.24, 2.45) is 16.8 Å². The fourth-order valence-corrected chi connectivity index (χ4v) is 3.65. The van der Waals surface area contributed by atoms with E-state index in [1.165, 1.54) is 18.2 Å². The van der Waals surface area contributed by atoms with E-state index in [1.54, 1.807) is 24.3 Å². The number of amidine groups is 1. The molecule has 200 valence electrons. The van der Waals surface area contributed by atoms with Crippen LogP contribution in [0.4, 0.5) is 23.8 Å². The minimum Gasteiger partial charge on any atom is -0.496 e. The van der Waals surface area contributed by atoms with Crippen LogP contribution in [-0.4, -0.2) is 65.2 Å². The van der Waals surface area contributed by atoms with Crippen LogP contribution in [0.1, 0.15) is 41.0 Å². The van der Waals surface area contributed by atoms with Gasteiger partial charge in [0.05, 0.1) is 12.7 Å². The number of aromatic nitrogens is 1. The molecule has 2 aromatic rings. The first kappa shape index (κ1) is 27.5. The Bertz CT molecular complexity index is 1190. The number of ether oxygens (including phenoxy) is 2. The van der Waals surface area contributed by atoms with E-state index >= 15 is 0 Å². The van der Waals surface area contributed by atoms with Gasteiger partial charge in [-0.25, -0.2) is 15.6 Å². The Morgan fingerprint density at radius 3 is 2.62 bits per heavy atom. The summed E-state index contributed by atoms with van der Waals surface area (Å²) in [6, 6.07) is 7.92. The summed E-state index contributed by atoms with van der Waals surface area (Å²) >= 11 is 0. The molecule has 1 aromatic heterocycles. The Morgan fingerprint density at radius 1 is 1.27 bits per heavy atom. The number of nitrogens with two attached hydrogens (primary N) is 2. The van der Waals surface area contributed by atoms with Crippen LogP contribution in [0.15, 0.2) is 35.4 Å². The first-order chi connectivity index (χ1) is 17.4. The summed E-state index contributed by atoms with van der Waals surface area (Å²) in [6.07, 6.45) is -5.36. The molecule has 1 aromatic carbocycles. The number of pyridine rings is 1. The SMILES string of the molecule is COc1cc2c(cc1C(=O)Nc1cccc(/C(=N/N)N(N)C(C)C)n1)CN(C(=O)OCC(F)(F)F)CC2. The zero-order valence-electron chi connectivity index (χ0n) is 20.5. The minimum absolute atomic E-state index is 0.0259. The second kappa shape index (κ2) is 11.3. The van der Waals surface area contributed by atoms with Crippen LogP contribution in [0.3, 0.4) is 0 Å². The van der Waals surface area contributed by atoms with Crippen LogP contribution in [0.5, 0.6) is 5.75 Å². The van der Waals surface area contributed by atoms with Gasteiger partial charge in [0.1, 0.15) is 17.3 Å². The van der Waals surface area contributed by atoms with Crippen LogP contribution < -0.4 is 21.7 Å². The lowest BCUT2D eigenvalue weighted by Crippen LogP contribution is -2.44. The van der Waals surface area contributed by atoms with E-state index < -0.39 is 24.8 Å². The minimum atomic E-state index is -4.62. The number of amides is 2. The molecule has 0 aliphatic carbocycles. The van der Waals surface area contributed by atoms with Crippen molar-refractivity contribution in [2.45, 2.75) is 39.0 Å². The van der Waals surface area contributed by atoms with Crippen LogP contribution >= 0.6 is 0 Å². The van der Waals surface area contributed by atoms with E-state index in [0.29, 0.717) is 17.7 Å². The number of carbonyl (C=O) groups is 2. The van der Waals surface area contributed by atoms with Gasteiger partial charge in [0.15, 0.2) is 12.4 Å². The molecule has 11 nitrogen and oxygen atoms in total. The molecular weight excluding hydrogens is 495 g/mol. The number of benzene rings is 1. The van der Waals surface area contributed by atoms with Gasteiger partial charge in [0, 0.05) is 19.1 Å². The number of fused-ring (bicyclic) bond motifs is 1. The number of anilines is 1. The predicted octanol–water partition coefficient (Wildman–Crippen LogP) is 2.60. The average molecular weight is 524 g/mol. The third-order valence-corrected chi connectivity index (χ3v) is 5.54.